The van der Waals surface area contributed by atoms with E-state index in [0.29, 0.717) is 18.6 Å². The molecule has 2 fully saturated rings. The Morgan fingerprint density at radius 3 is 2.61 bits per heavy atom. The van der Waals surface area contributed by atoms with Gasteiger partial charge in [0.25, 0.3) is 5.91 Å². The molecule has 0 saturated carbocycles. The highest BCUT2D eigenvalue weighted by Gasteiger charge is 2.32. The van der Waals surface area contributed by atoms with E-state index in [-0.39, 0.29) is 23.5 Å². The molecule has 1 aromatic heterocycles. The lowest BCUT2D eigenvalue weighted by Crippen LogP contribution is -2.40. The van der Waals surface area contributed by atoms with Gasteiger partial charge in [0, 0.05) is 25.2 Å². The van der Waals surface area contributed by atoms with Crippen LogP contribution >= 0.6 is 0 Å². The molecule has 0 radical (unpaired) electrons. The Labute approximate surface area is 218 Å². The van der Waals surface area contributed by atoms with Gasteiger partial charge in [-0.2, -0.15) is 13.2 Å². The summed E-state index contributed by atoms with van der Waals surface area (Å²) in [5, 5.41) is 2.75. The molecule has 2 amide bonds. The van der Waals surface area contributed by atoms with Gasteiger partial charge < -0.3 is 9.47 Å². The number of hydrogen-bond acceptors (Lipinski definition) is 4. The number of aromatic nitrogens is 2. The Kier molecular flexibility index (Phi) is 7.25. The Morgan fingerprint density at radius 2 is 1.87 bits per heavy atom. The van der Waals surface area contributed by atoms with E-state index in [1.54, 1.807) is 4.90 Å². The number of amides is 2. The molecule has 38 heavy (non-hydrogen) atoms. The zero-order valence-electron chi connectivity index (χ0n) is 21.0. The fourth-order valence-electron chi connectivity index (χ4n) is 5.40. The van der Waals surface area contributed by atoms with E-state index < -0.39 is 17.6 Å². The highest BCUT2D eigenvalue weighted by molar-refractivity contribution is 6.04. The van der Waals surface area contributed by atoms with Gasteiger partial charge >= 0.3 is 6.18 Å². The van der Waals surface area contributed by atoms with E-state index in [0.717, 1.165) is 55.7 Å². The van der Waals surface area contributed by atoms with Crippen LogP contribution in [-0.2, 0) is 17.5 Å². The quantitative estimate of drug-likeness (QED) is 0.446. The molecule has 1 atom stereocenters. The third-order valence-corrected chi connectivity index (χ3v) is 7.28. The zero-order chi connectivity index (χ0) is 26.9. The maximum atomic E-state index is 13.2. The van der Waals surface area contributed by atoms with Gasteiger partial charge in [-0.15, -0.1) is 0 Å². The average molecular weight is 526 g/mol. The lowest BCUT2D eigenvalue weighted by molar-refractivity contribution is -0.137. The van der Waals surface area contributed by atoms with Crippen LogP contribution in [0.25, 0.3) is 11.0 Å². The smallest absolute Gasteiger partial charge is 0.337 e. The lowest BCUT2D eigenvalue weighted by Gasteiger charge is -2.33. The van der Waals surface area contributed by atoms with Gasteiger partial charge in [-0.05, 0) is 80.7 Å². The number of carbonyl (C=O) groups excluding carboxylic acids is 2. The van der Waals surface area contributed by atoms with Crippen molar-refractivity contribution in [3.63, 3.8) is 0 Å². The maximum Gasteiger partial charge on any atom is 0.416 e. The Bertz CT molecular complexity index is 1360. The number of halogens is 3. The molecule has 0 unspecified atom stereocenters. The van der Waals surface area contributed by atoms with Crippen molar-refractivity contribution in [2.24, 2.45) is 0 Å². The van der Waals surface area contributed by atoms with Crippen LogP contribution in [0.3, 0.4) is 0 Å². The number of imidazole rings is 1. The molecule has 2 aliphatic heterocycles. The van der Waals surface area contributed by atoms with E-state index in [4.69, 9.17) is 4.98 Å². The van der Waals surface area contributed by atoms with E-state index in [1.807, 2.05) is 22.8 Å². The summed E-state index contributed by atoms with van der Waals surface area (Å²) in [5.74, 6) is -0.597. The number of likely N-dealkylation sites (tertiary alicyclic amines) is 2. The second-order valence-corrected chi connectivity index (χ2v) is 9.93. The molecule has 0 aliphatic carbocycles. The molecule has 2 aliphatic rings. The second kappa shape index (κ2) is 10.6. The SMILES string of the molecule is C=CC(=O)N1CCC[C@@H](n2c(NC(=O)c3cccc(C(F)(F)F)c3)nc3cc(CN4CCCC4)ccc32)C1. The van der Waals surface area contributed by atoms with Gasteiger partial charge in [0.15, 0.2) is 0 Å². The average Bonchev–Trinajstić information content (AvgIpc) is 3.55. The number of anilines is 1. The summed E-state index contributed by atoms with van der Waals surface area (Å²) in [5.41, 5.74) is 1.59. The minimum absolute atomic E-state index is 0.111. The number of nitrogens with zero attached hydrogens (tertiary/aromatic N) is 4. The number of fused-ring (bicyclic) bond motifs is 1. The van der Waals surface area contributed by atoms with Gasteiger partial charge in [-0.1, -0.05) is 18.7 Å². The topological polar surface area (TPSA) is 70.5 Å². The molecule has 3 aromatic rings. The van der Waals surface area contributed by atoms with Crippen molar-refractivity contribution in [3.05, 3.63) is 71.8 Å². The summed E-state index contributed by atoms with van der Waals surface area (Å²) in [4.78, 5) is 34.3. The predicted molar refractivity (Wildman–Crippen MR) is 139 cm³/mol. The van der Waals surface area contributed by atoms with E-state index in [9.17, 15) is 22.8 Å². The van der Waals surface area contributed by atoms with Crippen LogP contribution in [-0.4, -0.2) is 57.3 Å². The summed E-state index contributed by atoms with van der Waals surface area (Å²) < 4.78 is 41.6. The van der Waals surface area contributed by atoms with Gasteiger partial charge in [0.2, 0.25) is 11.9 Å². The minimum Gasteiger partial charge on any atom is -0.337 e. The first-order valence-corrected chi connectivity index (χ1v) is 12.9. The summed E-state index contributed by atoms with van der Waals surface area (Å²) in [6.45, 7) is 7.53. The number of nitrogens with one attached hydrogen (secondary N) is 1. The first-order chi connectivity index (χ1) is 18.2. The number of carbonyl (C=O) groups is 2. The zero-order valence-corrected chi connectivity index (χ0v) is 21.0. The monoisotopic (exact) mass is 525 g/mol. The molecule has 5 rings (SSSR count). The molecule has 1 N–H and O–H groups in total. The summed E-state index contributed by atoms with van der Waals surface area (Å²) in [7, 11) is 0. The number of benzene rings is 2. The van der Waals surface area contributed by atoms with E-state index in [1.165, 1.54) is 31.1 Å². The number of piperidine rings is 1. The van der Waals surface area contributed by atoms with Crippen molar-refractivity contribution in [2.45, 2.75) is 44.4 Å². The molecule has 3 heterocycles. The molecule has 0 spiro atoms. The van der Waals surface area contributed by atoms with Crippen molar-refractivity contribution in [1.82, 2.24) is 19.4 Å². The third kappa shape index (κ3) is 5.45. The van der Waals surface area contributed by atoms with Crippen LogP contribution < -0.4 is 5.32 Å². The molecular weight excluding hydrogens is 495 g/mol. The fourth-order valence-corrected chi connectivity index (χ4v) is 5.40. The summed E-state index contributed by atoms with van der Waals surface area (Å²) in [6.07, 6.45) is 0.620. The highest BCUT2D eigenvalue weighted by atomic mass is 19.4. The second-order valence-electron chi connectivity index (χ2n) is 9.93. The van der Waals surface area contributed by atoms with Crippen LogP contribution in [0.4, 0.5) is 19.1 Å². The summed E-state index contributed by atoms with van der Waals surface area (Å²) >= 11 is 0. The normalized spacial score (nSPS) is 18.6. The number of hydrogen-bond donors (Lipinski definition) is 1. The van der Waals surface area contributed by atoms with Crippen LogP contribution in [0.5, 0.6) is 0 Å². The van der Waals surface area contributed by atoms with E-state index >= 15 is 0 Å². The molecular formula is C28H30F3N5O2. The Hall–Kier alpha value is -3.66. The van der Waals surface area contributed by atoms with Gasteiger partial charge in [-0.25, -0.2) is 4.98 Å². The molecule has 2 aromatic carbocycles. The van der Waals surface area contributed by atoms with Gasteiger partial charge in [0.05, 0.1) is 22.6 Å². The van der Waals surface area contributed by atoms with Crippen molar-refractivity contribution < 1.29 is 22.8 Å². The molecule has 0 bridgehead atoms. The van der Waals surface area contributed by atoms with Crippen LogP contribution in [0.2, 0.25) is 0 Å². The summed E-state index contributed by atoms with van der Waals surface area (Å²) in [6, 6.07) is 10.2. The third-order valence-electron chi connectivity index (χ3n) is 7.28. The Balaban J connectivity index is 1.50. The van der Waals surface area contributed by atoms with Crippen LogP contribution in [0.15, 0.2) is 55.1 Å². The molecule has 200 valence electrons. The van der Waals surface area contributed by atoms with Crippen molar-refractivity contribution in [3.8, 4) is 0 Å². The number of alkyl halides is 3. The molecule has 7 nitrogen and oxygen atoms in total. The molecule has 2 saturated heterocycles. The van der Waals surface area contributed by atoms with Gasteiger partial charge in [0.1, 0.15) is 0 Å². The van der Waals surface area contributed by atoms with Crippen LogP contribution in [0.1, 0.15) is 53.2 Å². The van der Waals surface area contributed by atoms with Crippen LogP contribution in [0, 0.1) is 0 Å². The van der Waals surface area contributed by atoms with Crippen molar-refractivity contribution >= 4 is 28.8 Å². The number of rotatable bonds is 6. The fraction of sp³-hybridized carbons (Fsp3) is 0.393. The van der Waals surface area contributed by atoms with Crippen molar-refractivity contribution in [2.75, 3.05) is 31.5 Å². The van der Waals surface area contributed by atoms with Gasteiger partial charge in [-0.3, -0.25) is 19.8 Å². The Morgan fingerprint density at radius 1 is 1.08 bits per heavy atom. The first-order valence-electron chi connectivity index (χ1n) is 12.9. The first kappa shape index (κ1) is 26.0. The largest absolute Gasteiger partial charge is 0.416 e. The molecule has 10 heteroatoms. The van der Waals surface area contributed by atoms with Crippen molar-refractivity contribution in [1.29, 1.82) is 0 Å². The standard InChI is InChI=1S/C28H30F3N5O2/c1-2-25(37)35-14-6-9-22(18-35)36-24-11-10-19(17-34-12-3-4-13-34)15-23(24)32-27(36)33-26(38)20-7-5-8-21(16-20)28(29,30)31/h2,5,7-8,10-11,15-16,22H,1,3-4,6,9,12-14,17-18H2,(H,32,33,38)/t22-/m1/s1. The highest BCUT2D eigenvalue weighted by Crippen LogP contribution is 2.33. The predicted octanol–water partition coefficient (Wildman–Crippen LogP) is 5.25. The lowest BCUT2D eigenvalue weighted by atomic mass is 10.0. The minimum atomic E-state index is -4.56. The van der Waals surface area contributed by atoms with E-state index in [2.05, 4.69) is 16.8 Å². The maximum absolute atomic E-state index is 13.2.